The number of piperidine rings is 2. The van der Waals surface area contributed by atoms with Crippen molar-refractivity contribution in [3.05, 3.63) is 57.6 Å². The summed E-state index contributed by atoms with van der Waals surface area (Å²) < 4.78 is 6.48. The number of benzene rings is 2. The Morgan fingerprint density at radius 1 is 0.920 bits per heavy atom. The highest BCUT2D eigenvalue weighted by Crippen LogP contribution is 2.34. The molecule has 1 unspecified atom stereocenters. The second-order valence-electron chi connectivity index (χ2n) is 13.8. The number of aryl methyl sites for hydroxylation is 1. The fourth-order valence-electron chi connectivity index (χ4n) is 7.90. The molecule has 0 bridgehead atoms. The minimum Gasteiger partial charge on any atom is -0.506 e. The van der Waals surface area contributed by atoms with Crippen molar-refractivity contribution in [1.82, 2.24) is 19.6 Å². The van der Waals surface area contributed by atoms with Gasteiger partial charge in [-0.2, -0.15) is 0 Å². The number of rotatable bonds is 6. The van der Waals surface area contributed by atoms with Crippen LogP contribution in [0.1, 0.15) is 48.8 Å². The standard InChI is InChI=1S/C36H44BrN5O8/c1-22-18-23(19-28(37)31(22)43)20-30(32(44)39-12-6-24(7-13-39)26-8-14-41(21-26)33(45)34(46)47)50-36(49)40-15-10-27(11-16-40)42-17-9-25-4-2-3-5-29(25)38-35(42)48/h2-5,18-19,24,26-27,30,43H,6-17,20-21H2,1H3,(H,38,48)(H,46,47)/t26?,30-/m1/s1. The molecule has 3 N–H and O–H groups in total. The van der Waals surface area contributed by atoms with Crippen molar-refractivity contribution in [2.75, 3.05) is 51.1 Å². The molecule has 0 aromatic heterocycles. The number of fused-ring (bicyclic) bond motifs is 1. The summed E-state index contributed by atoms with van der Waals surface area (Å²) in [6.45, 7) is 4.89. The number of carbonyl (C=O) groups excluding carboxylic acids is 4. The molecule has 268 valence electrons. The molecule has 4 aliphatic rings. The molecule has 50 heavy (non-hydrogen) atoms. The van der Waals surface area contributed by atoms with Gasteiger partial charge in [0.2, 0.25) is 0 Å². The lowest BCUT2D eigenvalue weighted by molar-refractivity contribution is -0.155. The molecule has 3 fully saturated rings. The van der Waals surface area contributed by atoms with Crippen molar-refractivity contribution in [3.8, 4) is 5.75 Å². The van der Waals surface area contributed by atoms with E-state index in [1.165, 1.54) is 4.90 Å². The van der Waals surface area contributed by atoms with Crippen LogP contribution in [0, 0.1) is 18.8 Å². The van der Waals surface area contributed by atoms with Crippen LogP contribution in [0.15, 0.2) is 40.9 Å². The number of phenolic OH excluding ortho intramolecular Hbond substituents is 1. The Morgan fingerprint density at radius 2 is 1.58 bits per heavy atom. The number of carbonyl (C=O) groups is 5. The Morgan fingerprint density at radius 3 is 2.28 bits per heavy atom. The Balaban J connectivity index is 1.08. The number of carboxylic acid groups (broad SMARTS) is 1. The largest absolute Gasteiger partial charge is 0.506 e. The highest BCUT2D eigenvalue weighted by molar-refractivity contribution is 9.10. The van der Waals surface area contributed by atoms with Crippen molar-refractivity contribution in [2.45, 2.75) is 64.0 Å². The minimum absolute atomic E-state index is 0.0291. The predicted molar refractivity (Wildman–Crippen MR) is 187 cm³/mol. The molecule has 0 spiro atoms. The second-order valence-corrected chi connectivity index (χ2v) is 14.7. The first-order valence-corrected chi connectivity index (χ1v) is 18.2. The van der Waals surface area contributed by atoms with Crippen LogP contribution in [0.5, 0.6) is 5.75 Å². The number of aliphatic carboxylic acids is 1. The summed E-state index contributed by atoms with van der Waals surface area (Å²) in [5, 5.41) is 22.4. The Labute approximate surface area is 299 Å². The van der Waals surface area contributed by atoms with Crippen LogP contribution < -0.4 is 5.32 Å². The number of urea groups is 1. The molecule has 2 aromatic carbocycles. The van der Waals surface area contributed by atoms with E-state index in [2.05, 4.69) is 21.2 Å². The summed E-state index contributed by atoms with van der Waals surface area (Å²) in [5.74, 6) is -2.06. The lowest BCUT2D eigenvalue weighted by Crippen LogP contribution is -2.51. The molecular weight excluding hydrogens is 710 g/mol. The maximum atomic E-state index is 14.0. The first-order chi connectivity index (χ1) is 24.0. The summed E-state index contributed by atoms with van der Waals surface area (Å²) >= 11 is 3.38. The molecule has 0 radical (unpaired) electrons. The quantitative estimate of drug-likeness (QED) is 0.370. The number of nitrogens with zero attached hydrogens (tertiary/aromatic N) is 4. The number of phenols is 1. The van der Waals surface area contributed by atoms with E-state index >= 15 is 0 Å². The third-order valence-corrected chi connectivity index (χ3v) is 11.4. The number of ether oxygens (including phenoxy) is 1. The SMILES string of the molecule is Cc1cc(C[C@@H](OC(=O)N2CCC(N3CCc4ccccc4NC3=O)CC2)C(=O)N2CCC(C3CCN(C(=O)C(=O)O)C3)CC2)cc(Br)c1O. The van der Waals surface area contributed by atoms with Gasteiger partial charge >= 0.3 is 24.0 Å². The highest BCUT2D eigenvalue weighted by atomic mass is 79.9. The molecule has 14 heteroatoms. The van der Waals surface area contributed by atoms with Crippen molar-refractivity contribution in [3.63, 3.8) is 0 Å². The van der Waals surface area contributed by atoms with Gasteiger partial charge in [-0.15, -0.1) is 0 Å². The predicted octanol–water partition coefficient (Wildman–Crippen LogP) is 4.24. The summed E-state index contributed by atoms with van der Waals surface area (Å²) in [6, 6.07) is 11.1. The summed E-state index contributed by atoms with van der Waals surface area (Å²) in [7, 11) is 0. The smallest absolute Gasteiger partial charge is 0.410 e. The zero-order chi connectivity index (χ0) is 35.5. The van der Waals surface area contributed by atoms with Crippen LogP contribution in [-0.4, -0.2) is 118 Å². The van der Waals surface area contributed by atoms with E-state index < -0.39 is 24.1 Å². The molecular formula is C36H44BrN5O8. The van der Waals surface area contributed by atoms with E-state index in [1.807, 2.05) is 29.2 Å². The topological polar surface area (TPSA) is 160 Å². The third-order valence-electron chi connectivity index (χ3n) is 10.8. The number of hydrogen-bond acceptors (Lipinski definition) is 7. The molecule has 4 aliphatic heterocycles. The van der Waals surface area contributed by atoms with E-state index in [0.717, 1.165) is 29.7 Å². The van der Waals surface area contributed by atoms with E-state index in [0.29, 0.717) is 81.5 Å². The average molecular weight is 755 g/mol. The molecule has 13 nitrogen and oxygen atoms in total. The maximum Gasteiger partial charge on any atom is 0.410 e. The molecule has 6 rings (SSSR count). The molecule has 2 aromatic rings. The van der Waals surface area contributed by atoms with Crippen molar-refractivity contribution in [2.24, 2.45) is 11.8 Å². The Hall–Kier alpha value is -4.33. The van der Waals surface area contributed by atoms with E-state index in [1.54, 1.807) is 28.9 Å². The maximum absolute atomic E-state index is 14.0. The Kier molecular flexibility index (Phi) is 10.8. The van der Waals surface area contributed by atoms with Gasteiger partial charge in [0.15, 0.2) is 6.10 Å². The zero-order valence-electron chi connectivity index (χ0n) is 28.2. The van der Waals surface area contributed by atoms with Crippen molar-refractivity contribution >= 4 is 51.5 Å². The number of carboxylic acids is 1. The molecule has 4 heterocycles. The third kappa shape index (κ3) is 7.85. The van der Waals surface area contributed by atoms with E-state index in [4.69, 9.17) is 9.84 Å². The average Bonchev–Trinajstić information content (AvgIpc) is 3.54. The van der Waals surface area contributed by atoms with Gasteiger partial charge in [-0.05, 0) is 102 Å². The van der Waals surface area contributed by atoms with Gasteiger partial charge in [0.05, 0.1) is 4.47 Å². The fraction of sp³-hybridized carbons (Fsp3) is 0.528. The lowest BCUT2D eigenvalue weighted by atomic mass is 9.83. The zero-order valence-corrected chi connectivity index (χ0v) is 29.8. The first-order valence-electron chi connectivity index (χ1n) is 17.4. The van der Waals surface area contributed by atoms with Gasteiger partial charge in [0, 0.05) is 64.0 Å². The van der Waals surface area contributed by atoms with Crippen LogP contribution in [0.25, 0.3) is 0 Å². The molecule has 5 amide bonds. The van der Waals surface area contributed by atoms with Gasteiger partial charge in [-0.1, -0.05) is 24.3 Å². The lowest BCUT2D eigenvalue weighted by Gasteiger charge is -2.38. The van der Waals surface area contributed by atoms with Crippen LogP contribution in [0.4, 0.5) is 15.3 Å². The van der Waals surface area contributed by atoms with Crippen LogP contribution in [0.2, 0.25) is 0 Å². The van der Waals surface area contributed by atoms with Gasteiger partial charge in [0.25, 0.3) is 5.91 Å². The molecule has 0 saturated carbocycles. The van der Waals surface area contributed by atoms with E-state index in [9.17, 15) is 29.1 Å². The van der Waals surface area contributed by atoms with E-state index in [-0.39, 0.29) is 42.0 Å². The molecule has 3 saturated heterocycles. The number of nitrogens with one attached hydrogen (secondary N) is 1. The fourth-order valence-corrected chi connectivity index (χ4v) is 8.51. The van der Waals surface area contributed by atoms with Gasteiger partial charge in [-0.25, -0.2) is 14.4 Å². The summed E-state index contributed by atoms with van der Waals surface area (Å²) in [6.07, 6.45) is 2.54. The molecule has 2 atom stereocenters. The number of anilines is 1. The number of para-hydroxylation sites is 1. The number of halogens is 1. The van der Waals surface area contributed by atoms with Crippen molar-refractivity contribution in [1.29, 1.82) is 0 Å². The monoisotopic (exact) mass is 753 g/mol. The van der Waals surface area contributed by atoms with Crippen LogP contribution >= 0.6 is 15.9 Å². The highest BCUT2D eigenvalue weighted by Gasteiger charge is 2.39. The van der Waals surface area contributed by atoms with Gasteiger partial charge < -0.3 is 39.9 Å². The Bertz CT molecular complexity index is 1610. The number of hydrogen-bond donors (Lipinski definition) is 3. The second kappa shape index (κ2) is 15.3. The normalized spacial score (nSPS) is 20.9. The van der Waals surface area contributed by atoms with Gasteiger partial charge in [-0.3, -0.25) is 9.59 Å². The number of aromatic hydroxyl groups is 1. The molecule has 0 aliphatic carbocycles. The van der Waals surface area contributed by atoms with Crippen LogP contribution in [-0.2, 0) is 32.0 Å². The summed E-state index contributed by atoms with van der Waals surface area (Å²) in [5.41, 5.74) is 3.28. The number of likely N-dealkylation sites (tertiary alicyclic amines) is 3. The van der Waals surface area contributed by atoms with Gasteiger partial charge in [0.1, 0.15) is 5.75 Å². The van der Waals surface area contributed by atoms with Crippen molar-refractivity contribution < 1.29 is 38.9 Å². The summed E-state index contributed by atoms with van der Waals surface area (Å²) in [4.78, 5) is 70.4. The minimum atomic E-state index is -1.44. The van der Waals surface area contributed by atoms with Crippen LogP contribution in [0.3, 0.4) is 0 Å². The number of amides is 5. The first kappa shape index (κ1) is 35.5.